The molecule has 0 radical (unpaired) electrons. The Morgan fingerprint density at radius 2 is 0.881 bits per heavy atom. The lowest BCUT2D eigenvalue weighted by Gasteiger charge is -2.17. The van der Waals surface area contributed by atoms with E-state index in [0.717, 1.165) is 32.1 Å². The van der Waals surface area contributed by atoms with Crippen molar-refractivity contribution in [1.82, 2.24) is 0 Å². The van der Waals surface area contributed by atoms with Crippen LogP contribution in [0, 0.1) is 0 Å². The van der Waals surface area contributed by atoms with Crippen LogP contribution in [0.5, 0.6) is 0 Å². The number of hydrogen-bond acceptors (Lipinski definition) is 3. The van der Waals surface area contributed by atoms with E-state index in [1.807, 2.05) is 0 Å². The second kappa shape index (κ2) is 34.2. The number of carboxylic acid groups (broad SMARTS) is 1. The van der Waals surface area contributed by atoms with Gasteiger partial charge in [0.05, 0.1) is 0 Å². The molecule has 0 saturated heterocycles. The Morgan fingerprint density at radius 3 is 1.31 bits per heavy atom. The quantitative estimate of drug-likeness (QED) is 0.0458. The highest BCUT2D eigenvalue weighted by Gasteiger charge is 2.16. The Bertz CT molecular complexity index is 600. The van der Waals surface area contributed by atoms with Crippen LogP contribution in [0.15, 0.2) is 12.2 Å². The van der Waals surface area contributed by atoms with Crippen molar-refractivity contribution in [3.63, 3.8) is 0 Å². The summed E-state index contributed by atoms with van der Waals surface area (Å²) in [6, 6.07) is 0. The van der Waals surface area contributed by atoms with E-state index < -0.39 is 5.97 Å². The van der Waals surface area contributed by atoms with Crippen molar-refractivity contribution in [2.75, 3.05) is 0 Å². The predicted molar refractivity (Wildman–Crippen MR) is 181 cm³/mol. The molecule has 1 unspecified atom stereocenters. The molecule has 4 heteroatoms. The van der Waals surface area contributed by atoms with E-state index >= 15 is 0 Å². The Kier molecular flexibility index (Phi) is 33.1. The molecule has 0 aromatic rings. The first-order valence-electron chi connectivity index (χ1n) is 18.7. The summed E-state index contributed by atoms with van der Waals surface area (Å²) < 4.78 is 5.71. The van der Waals surface area contributed by atoms with Gasteiger partial charge in [0.1, 0.15) is 6.10 Å². The van der Waals surface area contributed by atoms with Crippen LogP contribution in [0.2, 0.25) is 0 Å². The molecule has 0 aromatic carbocycles. The molecule has 0 fully saturated rings. The van der Waals surface area contributed by atoms with Crippen molar-refractivity contribution in [1.29, 1.82) is 0 Å². The Balaban J connectivity index is 3.67. The molecule has 0 aromatic heterocycles. The monoisotopic (exact) mass is 593 g/mol. The lowest BCUT2D eigenvalue weighted by molar-refractivity contribution is -0.151. The van der Waals surface area contributed by atoms with Gasteiger partial charge in [0, 0.05) is 12.8 Å². The number of allylic oxidation sites excluding steroid dienone is 2. The van der Waals surface area contributed by atoms with Crippen molar-refractivity contribution >= 4 is 11.9 Å². The molecule has 248 valence electrons. The van der Waals surface area contributed by atoms with E-state index in [1.165, 1.54) is 148 Å². The maximum atomic E-state index is 12.4. The third-order valence-electron chi connectivity index (χ3n) is 8.50. The summed E-state index contributed by atoms with van der Waals surface area (Å²) in [6.07, 6.45) is 40.9. The average molecular weight is 593 g/mol. The Labute approximate surface area is 262 Å². The van der Waals surface area contributed by atoms with Crippen molar-refractivity contribution in [2.45, 2.75) is 219 Å². The number of unbranched alkanes of at least 4 members (excludes halogenated alkanes) is 24. The first-order chi connectivity index (χ1) is 20.6. The zero-order valence-corrected chi connectivity index (χ0v) is 28.3. The molecule has 0 rings (SSSR count). The molecule has 0 heterocycles. The summed E-state index contributed by atoms with van der Waals surface area (Å²) >= 11 is 0. The molecular formula is C38H72O4. The Morgan fingerprint density at radius 1 is 0.500 bits per heavy atom. The smallest absolute Gasteiger partial charge is 0.306 e. The number of aliphatic carboxylic acids is 1. The number of esters is 1. The van der Waals surface area contributed by atoms with Gasteiger partial charge in [-0.1, -0.05) is 161 Å². The highest BCUT2D eigenvalue weighted by molar-refractivity contribution is 5.69. The average Bonchev–Trinajstić information content (AvgIpc) is 2.97. The highest BCUT2D eigenvalue weighted by atomic mass is 16.5. The molecule has 0 spiro atoms. The summed E-state index contributed by atoms with van der Waals surface area (Å²) in [7, 11) is 0. The van der Waals surface area contributed by atoms with Gasteiger partial charge in [0.25, 0.3) is 0 Å². The molecule has 42 heavy (non-hydrogen) atoms. The predicted octanol–water partition coefficient (Wildman–Crippen LogP) is 12.7. The van der Waals surface area contributed by atoms with Gasteiger partial charge in [0.15, 0.2) is 0 Å². The summed E-state index contributed by atoms with van der Waals surface area (Å²) in [5, 5.41) is 9.08. The zero-order chi connectivity index (χ0) is 30.8. The summed E-state index contributed by atoms with van der Waals surface area (Å²) in [6.45, 7) is 4.53. The van der Waals surface area contributed by atoms with Gasteiger partial charge in [-0.25, -0.2) is 0 Å². The van der Waals surface area contributed by atoms with Gasteiger partial charge in [-0.3, -0.25) is 9.59 Å². The fraction of sp³-hybridized carbons (Fsp3) is 0.895. The van der Waals surface area contributed by atoms with Crippen molar-refractivity contribution in [2.24, 2.45) is 0 Å². The minimum absolute atomic E-state index is 0.0751. The van der Waals surface area contributed by atoms with Gasteiger partial charge >= 0.3 is 11.9 Å². The van der Waals surface area contributed by atoms with Gasteiger partial charge in [0.2, 0.25) is 0 Å². The molecule has 1 N–H and O–H groups in total. The van der Waals surface area contributed by atoms with E-state index in [2.05, 4.69) is 26.0 Å². The first-order valence-corrected chi connectivity index (χ1v) is 18.7. The van der Waals surface area contributed by atoms with Gasteiger partial charge in [-0.05, 0) is 51.4 Å². The zero-order valence-electron chi connectivity index (χ0n) is 28.3. The number of carbonyl (C=O) groups excluding carboxylic acids is 1. The molecular weight excluding hydrogens is 520 g/mol. The molecule has 0 aliphatic carbocycles. The van der Waals surface area contributed by atoms with E-state index in [4.69, 9.17) is 9.84 Å². The maximum absolute atomic E-state index is 12.4. The standard InChI is InChI=1S/C38H72O4/c1-3-5-7-9-11-13-15-16-17-18-19-20-21-22-23-25-27-29-31-33-38(41)42-36(34-35-37(39)40)32-30-28-26-24-14-12-10-8-6-4-2/h16-17,36H,3-15,18-35H2,1-2H3,(H,39,40)/b17-16-. The van der Waals surface area contributed by atoms with Crippen LogP contribution in [0.4, 0.5) is 0 Å². The number of carbonyl (C=O) groups is 2. The largest absolute Gasteiger partial charge is 0.481 e. The SMILES string of the molecule is CCCCCCCC/C=C\CCCCCCCCCCCC(=O)OC(CCCCCCCCCCCC)CCC(=O)O. The lowest BCUT2D eigenvalue weighted by atomic mass is 10.0. The van der Waals surface area contributed by atoms with Crippen molar-refractivity contribution in [3.8, 4) is 0 Å². The second-order valence-corrected chi connectivity index (χ2v) is 12.8. The molecule has 0 aliphatic heterocycles. The summed E-state index contributed by atoms with van der Waals surface area (Å²) in [5.41, 5.74) is 0. The number of ether oxygens (including phenoxy) is 1. The van der Waals surface area contributed by atoms with E-state index in [1.54, 1.807) is 0 Å². The second-order valence-electron chi connectivity index (χ2n) is 12.8. The Hall–Kier alpha value is -1.32. The third kappa shape index (κ3) is 33.2. The van der Waals surface area contributed by atoms with Gasteiger partial charge in [-0.15, -0.1) is 0 Å². The van der Waals surface area contributed by atoms with Crippen molar-refractivity contribution in [3.05, 3.63) is 12.2 Å². The third-order valence-corrected chi connectivity index (χ3v) is 8.50. The lowest BCUT2D eigenvalue weighted by Crippen LogP contribution is -2.19. The molecule has 0 aliphatic rings. The number of carboxylic acids is 1. The van der Waals surface area contributed by atoms with Gasteiger partial charge < -0.3 is 9.84 Å². The normalized spacial score (nSPS) is 12.2. The van der Waals surface area contributed by atoms with Crippen LogP contribution in [-0.2, 0) is 14.3 Å². The summed E-state index contributed by atoms with van der Waals surface area (Å²) in [5.74, 6) is -0.951. The molecule has 1 atom stereocenters. The van der Waals surface area contributed by atoms with E-state index in [9.17, 15) is 9.59 Å². The fourth-order valence-electron chi connectivity index (χ4n) is 5.70. The first kappa shape index (κ1) is 40.7. The molecule has 0 amide bonds. The van der Waals surface area contributed by atoms with E-state index in [-0.39, 0.29) is 18.5 Å². The topological polar surface area (TPSA) is 63.6 Å². The van der Waals surface area contributed by atoms with Crippen LogP contribution in [-0.4, -0.2) is 23.1 Å². The van der Waals surface area contributed by atoms with Crippen LogP contribution in [0.3, 0.4) is 0 Å². The maximum Gasteiger partial charge on any atom is 0.306 e. The van der Waals surface area contributed by atoms with E-state index in [0.29, 0.717) is 12.8 Å². The molecule has 0 saturated carbocycles. The molecule has 0 bridgehead atoms. The highest BCUT2D eigenvalue weighted by Crippen LogP contribution is 2.17. The summed E-state index contributed by atoms with van der Waals surface area (Å²) in [4.78, 5) is 23.4. The van der Waals surface area contributed by atoms with Crippen molar-refractivity contribution < 1.29 is 19.4 Å². The molecule has 4 nitrogen and oxygen atoms in total. The minimum Gasteiger partial charge on any atom is -0.481 e. The fourth-order valence-corrected chi connectivity index (χ4v) is 5.70. The van der Waals surface area contributed by atoms with Crippen LogP contribution in [0.25, 0.3) is 0 Å². The number of rotatable bonds is 34. The minimum atomic E-state index is -0.810. The van der Waals surface area contributed by atoms with Crippen LogP contribution in [0.1, 0.15) is 213 Å². The van der Waals surface area contributed by atoms with Gasteiger partial charge in [-0.2, -0.15) is 0 Å². The van der Waals surface area contributed by atoms with Crippen LogP contribution >= 0.6 is 0 Å². The number of hydrogen-bond donors (Lipinski definition) is 1. The van der Waals surface area contributed by atoms with Crippen LogP contribution < -0.4 is 0 Å².